The van der Waals surface area contributed by atoms with Crippen molar-refractivity contribution in [3.05, 3.63) is 41.3 Å². The zero-order valence-electron chi connectivity index (χ0n) is 7.53. The van der Waals surface area contributed by atoms with Crippen LogP contribution in [0.15, 0.2) is 35.6 Å². The molecule has 0 amide bonds. The average molecular weight is 202 g/mol. The number of aromatic nitrogens is 6. The van der Waals surface area contributed by atoms with Gasteiger partial charge in [0.05, 0.1) is 0 Å². The van der Waals surface area contributed by atoms with Gasteiger partial charge in [-0.05, 0) is 12.1 Å². The van der Waals surface area contributed by atoms with E-state index in [1.54, 1.807) is 35.4 Å². The van der Waals surface area contributed by atoms with E-state index in [1.165, 1.54) is 4.52 Å². The van der Waals surface area contributed by atoms with Crippen LogP contribution in [0.2, 0.25) is 0 Å². The van der Waals surface area contributed by atoms with E-state index in [4.69, 9.17) is 0 Å². The third-order valence-electron chi connectivity index (χ3n) is 2.03. The van der Waals surface area contributed by atoms with Crippen molar-refractivity contribution in [2.45, 2.75) is 0 Å². The van der Waals surface area contributed by atoms with Crippen LogP contribution in [0.3, 0.4) is 0 Å². The Morgan fingerprint density at radius 3 is 3.07 bits per heavy atom. The van der Waals surface area contributed by atoms with Crippen LogP contribution in [0.25, 0.3) is 11.5 Å². The first-order valence-electron chi connectivity index (χ1n) is 4.27. The molecule has 0 aliphatic carbocycles. The Kier molecular flexibility index (Phi) is 1.46. The maximum atomic E-state index is 11.3. The van der Waals surface area contributed by atoms with Gasteiger partial charge in [0.25, 0.3) is 0 Å². The van der Waals surface area contributed by atoms with Gasteiger partial charge in [-0.3, -0.25) is 4.57 Å². The summed E-state index contributed by atoms with van der Waals surface area (Å²) in [5.74, 6) is 0.614. The van der Waals surface area contributed by atoms with Gasteiger partial charge >= 0.3 is 5.69 Å². The predicted octanol–water partition coefficient (Wildman–Crippen LogP) is -0.397. The van der Waals surface area contributed by atoms with Gasteiger partial charge in [0.1, 0.15) is 6.33 Å². The first-order valence-corrected chi connectivity index (χ1v) is 4.27. The van der Waals surface area contributed by atoms with Crippen LogP contribution in [-0.4, -0.2) is 29.4 Å². The SMILES string of the molecule is O=c1[nH]nc2ccc(-n3ccnc3)nn12. The van der Waals surface area contributed by atoms with Crippen LogP contribution < -0.4 is 5.69 Å². The van der Waals surface area contributed by atoms with Gasteiger partial charge in [-0.15, -0.1) is 5.10 Å². The highest BCUT2D eigenvalue weighted by Crippen LogP contribution is 2.02. The van der Waals surface area contributed by atoms with E-state index in [9.17, 15) is 4.79 Å². The van der Waals surface area contributed by atoms with Crippen LogP contribution >= 0.6 is 0 Å². The summed E-state index contributed by atoms with van der Waals surface area (Å²) in [5.41, 5.74) is 0.135. The van der Waals surface area contributed by atoms with E-state index in [0.717, 1.165) is 0 Å². The van der Waals surface area contributed by atoms with Crippen LogP contribution in [0, 0.1) is 0 Å². The highest BCUT2D eigenvalue weighted by Gasteiger charge is 2.03. The van der Waals surface area contributed by atoms with Crippen molar-refractivity contribution in [3.63, 3.8) is 0 Å². The number of hydrogen-bond acceptors (Lipinski definition) is 4. The molecule has 7 heteroatoms. The van der Waals surface area contributed by atoms with Crippen molar-refractivity contribution in [2.75, 3.05) is 0 Å². The second-order valence-electron chi connectivity index (χ2n) is 2.96. The van der Waals surface area contributed by atoms with E-state index in [2.05, 4.69) is 20.3 Å². The third kappa shape index (κ3) is 1.13. The van der Waals surface area contributed by atoms with Crippen molar-refractivity contribution in [1.82, 2.24) is 29.4 Å². The zero-order valence-corrected chi connectivity index (χ0v) is 7.53. The smallest absolute Gasteiger partial charge is 0.289 e. The molecule has 0 aromatic carbocycles. The number of fused-ring (bicyclic) bond motifs is 1. The minimum atomic E-state index is -0.355. The largest absolute Gasteiger partial charge is 0.364 e. The Morgan fingerprint density at radius 2 is 2.27 bits per heavy atom. The van der Waals surface area contributed by atoms with Gasteiger partial charge < -0.3 is 0 Å². The number of imidazole rings is 1. The van der Waals surface area contributed by atoms with Crippen LogP contribution in [-0.2, 0) is 0 Å². The maximum absolute atomic E-state index is 11.3. The lowest BCUT2D eigenvalue weighted by atomic mass is 10.5. The molecule has 3 rings (SSSR count). The monoisotopic (exact) mass is 202 g/mol. The molecule has 0 bridgehead atoms. The molecule has 0 aliphatic rings. The molecule has 0 radical (unpaired) electrons. The molecule has 0 unspecified atom stereocenters. The van der Waals surface area contributed by atoms with E-state index in [-0.39, 0.29) is 5.69 Å². The molecule has 0 atom stereocenters. The molecule has 15 heavy (non-hydrogen) atoms. The second kappa shape index (κ2) is 2.77. The molecule has 3 heterocycles. The number of nitrogens with zero attached hydrogens (tertiary/aromatic N) is 5. The summed E-state index contributed by atoms with van der Waals surface area (Å²) >= 11 is 0. The van der Waals surface area contributed by atoms with E-state index < -0.39 is 0 Å². The summed E-state index contributed by atoms with van der Waals surface area (Å²) in [6.07, 6.45) is 5.00. The molecule has 3 aromatic heterocycles. The van der Waals surface area contributed by atoms with Gasteiger partial charge in [-0.1, -0.05) is 0 Å². The molecule has 7 nitrogen and oxygen atoms in total. The predicted molar refractivity (Wildman–Crippen MR) is 50.7 cm³/mol. The first-order chi connectivity index (χ1) is 7.34. The Labute approximate surface area is 83.0 Å². The molecule has 0 saturated heterocycles. The number of aromatic amines is 1. The Bertz CT molecular complexity index is 649. The Morgan fingerprint density at radius 1 is 1.33 bits per heavy atom. The van der Waals surface area contributed by atoms with E-state index in [1.807, 2.05) is 0 Å². The minimum absolute atomic E-state index is 0.355. The van der Waals surface area contributed by atoms with E-state index >= 15 is 0 Å². The second-order valence-corrected chi connectivity index (χ2v) is 2.96. The van der Waals surface area contributed by atoms with Gasteiger partial charge in [-0.25, -0.2) is 14.9 Å². The highest BCUT2D eigenvalue weighted by molar-refractivity contribution is 5.37. The van der Waals surface area contributed by atoms with Gasteiger partial charge in [0, 0.05) is 12.4 Å². The van der Waals surface area contributed by atoms with Crippen molar-refractivity contribution in [2.24, 2.45) is 0 Å². The highest BCUT2D eigenvalue weighted by atomic mass is 16.2. The fraction of sp³-hybridized carbons (Fsp3) is 0. The lowest BCUT2D eigenvalue weighted by molar-refractivity contribution is 0.832. The average Bonchev–Trinajstić information content (AvgIpc) is 2.88. The van der Waals surface area contributed by atoms with E-state index in [0.29, 0.717) is 11.5 Å². The lowest BCUT2D eigenvalue weighted by Gasteiger charge is -1.99. The van der Waals surface area contributed by atoms with Crippen molar-refractivity contribution in [3.8, 4) is 5.82 Å². The first kappa shape index (κ1) is 7.92. The molecular formula is C8H6N6O. The maximum Gasteiger partial charge on any atom is 0.364 e. The van der Waals surface area contributed by atoms with Gasteiger partial charge in [0.2, 0.25) is 0 Å². The van der Waals surface area contributed by atoms with Gasteiger partial charge in [0.15, 0.2) is 11.5 Å². The molecule has 3 aromatic rings. The molecule has 0 spiro atoms. The summed E-state index contributed by atoms with van der Waals surface area (Å²) in [7, 11) is 0. The number of nitrogens with one attached hydrogen (secondary N) is 1. The summed E-state index contributed by atoms with van der Waals surface area (Å²) in [6.45, 7) is 0. The van der Waals surface area contributed by atoms with Crippen LogP contribution in [0.1, 0.15) is 0 Å². The Hall–Kier alpha value is -2.44. The molecule has 0 fully saturated rings. The van der Waals surface area contributed by atoms with Gasteiger partial charge in [-0.2, -0.15) is 9.61 Å². The number of H-pyrrole nitrogens is 1. The van der Waals surface area contributed by atoms with Crippen molar-refractivity contribution in [1.29, 1.82) is 0 Å². The third-order valence-corrected chi connectivity index (χ3v) is 2.03. The molecule has 0 saturated carbocycles. The summed E-state index contributed by atoms with van der Waals surface area (Å²) in [5, 5.41) is 10.2. The summed E-state index contributed by atoms with van der Waals surface area (Å²) in [6, 6.07) is 3.47. The fourth-order valence-corrected chi connectivity index (χ4v) is 1.33. The van der Waals surface area contributed by atoms with Crippen LogP contribution in [0.4, 0.5) is 0 Å². The number of rotatable bonds is 1. The summed E-state index contributed by atoms with van der Waals surface area (Å²) < 4.78 is 2.91. The lowest BCUT2D eigenvalue weighted by Crippen LogP contribution is -2.13. The quantitative estimate of drug-likeness (QED) is 0.582. The minimum Gasteiger partial charge on any atom is -0.289 e. The molecule has 74 valence electrons. The topological polar surface area (TPSA) is 80.9 Å². The van der Waals surface area contributed by atoms with Crippen LogP contribution in [0.5, 0.6) is 0 Å². The fourth-order valence-electron chi connectivity index (χ4n) is 1.33. The van der Waals surface area contributed by atoms with Crippen molar-refractivity contribution < 1.29 is 0 Å². The van der Waals surface area contributed by atoms with Crippen molar-refractivity contribution >= 4 is 5.65 Å². The zero-order chi connectivity index (χ0) is 10.3. The molecular weight excluding hydrogens is 196 g/mol. The number of hydrogen-bond donors (Lipinski definition) is 1. The summed E-state index contributed by atoms with van der Waals surface area (Å²) in [4.78, 5) is 15.2. The molecule has 1 N–H and O–H groups in total. The normalized spacial score (nSPS) is 10.9. The standard InChI is InChI=1S/C8H6N6O/c15-8-11-10-6-1-2-7(12-14(6)8)13-4-3-9-5-13/h1-5H,(H,11,15). The Balaban J connectivity index is 2.30. The molecule has 0 aliphatic heterocycles.